The summed E-state index contributed by atoms with van der Waals surface area (Å²) in [7, 11) is 0. The van der Waals surface area contributed by atoms with Crippen molar-refractivity contribution in [3.63, 3.8) is 0 Å². The summed E-state index contributed by atoms with van der Waals surface area (Å²) in [5.74, 6) is 0. The Bertz CT molecular complexity index is 155. The van der Waals surface area contributed by atoms with Gasteiger partial charge in [0.05, 0.1) is 0 Å². The predicted molar refractivity (Wildman–Crippen MR) is 99.6 cm³/mol. The zero-order chi connectivity index (χ0) is 15.4. The van der Waals surface area contributed by atoms with E-state index in [4.69, 9.17) is 0 Å². The van der Waals surface area contributed by atoms with Crippen LogP contribution in [0, 0.1) is 0 Å². The molecule has 0 saturated carbocycles. The molecule has 0 bridgehead atoms. The molecule has 0 saturated heterocycles. The second kappa shape index (κ2) is 23.2. The van der Waals surface area contributed by atoms with Crippen LogP contribution in [0.4, 0.5) is 0 Å². The lowest BCUT2D eigenvalue weighted by atomic mass is 10.0. The van der Waals surface area contributed by atoms with Crippen molar-refractivity contribution < 1.29 is 5.11 Å². The van der Waals surface area contributed by atoms with Crippen LogP contribution in [0.2, 0.25) is 0 Å². The van der Waals surface area contributed by atoms with Crippen LogP contribution >= 0.6 is 0 Å². The van der Waals surface area contributed by atoms with Gasteiger partial charge in [-0.05, 0) is 0 Å². The number of hydrogen-bond donors (Lipinski definition) is 1. The molecule has 4 N–H and O–H groups in total. The smallest absolute Gasteiger partial charge is 0.0533 e. The van der Waals surface area contributed by atoms with Gasteiger partial charge in [0.25, 0.3) is 0 Å². The third-order valence-electron chi connectivity index (χ3n) is 4.50. The van der Waals surface area contributed by atoms with Crippen molar-refractivity contribution in [2.24, 2.45) is 0 Å². The molecule has 0 aromatic rings. The Labute approximate surface area is 141 Å². The molecule has 2 nitrogen and oxygen atoms in total. The molecule has 2 heteroatoms. The maximum atomic E-state index is 10.3. The highest BCUT2D eigenvalue weighted by molar-refractivity contribution is 4.50. The first-order valence-electron chi connectivity index (χ1n) is 10.00. The molecule has 0 heterocycles. The van der Waals surface area contributed by atoms with Crippen molar-refractivity contribution in [3.05, 3.63) is 0 Å². The topological polar surface area (TPSA) is 59.6 Å². The largest absolute Gasteiger partial charge is 0.854 e. The van der Waals surface area contributed by atoms with E-state index < -0.39 is 0 Å². The van der Waals surface area contributed by atoms with Crippen LogP contribution in [0.1, 0.15) is 122 Å². The molecule has 0 aliphatic carbocycles. The Balaban J connectivity index is 0. The fourth-order valence-corrected chi connectivity index (χ4v) is 3.00. The van der Waals surface area contributed by atoms with Gasteiger partial charge in [-0.25, -0.2) is 0 Å². The minimum atomic E-state index is 0. The van der Waals surface area contributed by atoms with Crippen LogP contribution < -0.4 is 11.3 Å². The second-order valence-corrected chi connectivity index (χ2v) is 6.71. The van der Waals surface area contributed by atoms with Crippen molar-refractivity contribution in [3.8, 4) is 0 Å². The molecule has 22 heavy (non-hydrogen) atoms. The van der Waals surface area contributed by atoms with Gasteiger partial charge in [-0.3, -0.25) is 0 Å². The molecule has 0 aliphatic rings. The zero-order valence-electron chi connectivity index (χ0n) is 15.8. The average Bonchev–Trinajstić information content (AvgIpc) is 2.50. The highest BCUT2D eigenvalue weighted by Gasteiger charge is 1.94. The molecule has 0 amide bonds. The Morgan fingerprint density at radius 2 is 0.636 bits per heavy atom. The van der Waals surface area contributed by atoms with Crippen molar-refractivity contribution in [2.45, 2.75) is 122 Å². The summed E-state index contributed by atoms with van der Waals surface area (Å²) < 4.78 is 0. The van der Waals surface area contributed by atoms with Crippen molar-refractivity contribution in [1.82, 2.24) is 6.15 Å². The average molecular weight is 316 g/mol. The van der Waals surface area contributed by atoms with Gasteiger partial charge in [-0.2, -0.15) is 0 Å². The summed E-state index contributed by atoms with van der Waals surface area (Å²) in [5.41, 5.74) is 0. The lowest BCUT2D eigenvalue weighted by Gasteiger charge is -2.04. The first-order chi connectivity index (χ1) is 10.4. The van der Waals surface area contributed by atoms with E-state index in [-0.39, 0.29) is 12.8 Å². The van der Waals surface area contributed by atoms with Crippen molar-refractivity contribution in [1.29, 1.82) is 0 Å². The summed E-state index contributed by atoms with van der Waals surface area (Å²) in [6, 6.07) is 0. The zero-order valence-corrected chi connectivity index (χ0v) is 15.8. The van der Waals surface area contributed by atoms with Gasteiger partial charge >= 0.3 is 0 Å². The van der Waals surface area contributed by atoms with Gasteiger partial charge in [0, 0.05) is 0 Å². The first kappa shape index (κ1) is 24.2. The van der Waals surface area contributed by atoms with Gasteiger partial charge in [0.15, 0.2) is 0 Å². The molecule has 0 aromatic carbocycles. The number of quaternary nitrogens is 1. The summed E-state index contributed by atoms with van der Waals surface area (Å²) >= 11 is 0. The molecule has 0 unspecified atom stereocenters. The van der Waals surface area contributed by atoms with Crippen molar-refractivity contribution in [2.75, 3.05) is 6.61 Å². The van der Waals surface area contributed by atoms with E-state index in [0.717, 1.165) is 12.8 Å². The Morgan fingerprint density at radius 3 is 0.864 bits per heavy atom. The fraction of sp³-hybridized carbons (Fsp3) is 1.00. The van der Waals surface area contributed by atoms with E-state index in [1.54, 1.807) is 0 Å². The standard InChI is InChI=1S/C20H41O.H3N/c1-2-3-4-5-6-7-8-9-10-11-12-13-14-15-16-17-18-19-20-21;/h2-20H2,1H3;1H3/q-1;/p+1. The highest BCUT2D eigenvalue weighted by atomic mass is 16.2. The molecule has 0 atom stereocenters. The molecule has 0 radical (unpaired) electrons. The summed E-state index contributed by atoms with van der Waals surface area (Å²) in [6.07, 6.45) is 24.8. The van der Waals surface area contributed by atoms with Gasteiger partial charge in [0.1, 0.15) is 0 Å². The van der Waals surface area contributed by atoms with Gasteiger partial charge in [-0.15, -0.1) is 6.61 Å². The first-order valence-corrected chi connectivity index (χ1v) is 10.00. The van der Waals surface area contributed by atoms with Gasteiger partial charge in [0.2, 0.25) is 0 Å². The van der Waals surface area contributed by atoms with Gasteiger partial charge in [-0.1, -0.05) is 122 Å². The molecule has 0 rings (SSSR count). The van der Waals surface area contributed by atoms with Crippen LogP contribution in [-0.2, 0) is 0 Å². The highest BCUT2D eigenvalue weighted by Crippen LogP contribution is 2.14. The quantitative estimate of drug-likeness (QED) is 0.279. The summed E-state index contributed by atoms with van der Waals surface area (Å²) in [5, 5.41) is 10.3. The molecule has 0 aliphatic heterocycles. The molecule has 0 spiro atoms. The molecule has 0 aromatic heterocycles. The van der Waals surface area contributed by atoms with E-state index in [0.29, 0.717) is 0 Å². The minimum absolute atomic E-state index is 0. The third-order valence-corrected chi connectivity index (χ3v) is 4.50. The Hall–Kier alpha value is -0.0800. The van der Waals surface area contributed by atoms with E-state index in [1.165, 1.54) is 103 Å². The maximum absolute atomic E-state index is 10.3. The normalized spacial score (nSPS) is 10.6. The lowest BCUT2D eigenvalue weighted by molar-refractivity contribution is -0.368. The Kier molecular flexibility index (Phi) is 25.5. The van der Waals surface area contributed by atoms with Crippen LogP contribution in [0.25, 0.3) is 0 Å². The molecular formula is C20H45NO. The van der Waals surface area contributed by atoms with Crippen LogP contribution in [0.3, 0.4) is 0 Å². The predicted octanol–water partition coefficient (Wildman–Crippen LogP) is 6.76. The minimum Gasteiger partial charge on any atom is -0.854 e. The van der Waals surface area contributed by atoms with Crippen LogP contribution in [-0.4, -0.2) is 6.61 Å². The maximum Gasteiger partial charge on any atom is -0.0533 e. The molecule has 0 fully saturated rings. The second-order valence-electron chi connectivity index (χ2n) is 6.71. The molecular weight excluding hydrogens is 270 g/mol. The molecule has 136 valence electrons. The number of hydrogen-bond acceptors (Lipinski definition) is 1. The van der Waals surface area contributed by atoms with E-state index >= 15 is 0 Å². The van der Waals surface area contributed by atoms with E-state index in [2.05, 4.69) is 6.92 Å². The summed E-state index contributed by atoms with van der Waals surface area (Å²) in [4.78, 5) is 0. The monoisotopic (exact) mass is 315 g/mol. The number of rotatable bonds is 18. The Morgan fingerprint density at radius 1 is 0.409 bits per heavy atom. The van der Waals surface area contributed by atoms with Crippen molar-refractivity contribution >= 4 is 0 Å². The third kappa shape index (κ3) is 22.2. The van der Waals surface area contributed by atoms with E-state index in [9.17, 15) is 5.11 Å². The fourth-order valence-electron chi connectivity index (χ4n) is 3.00. The SMILES string of the molecule is CCCCCCCCCCCCCCCCCCCC[O-].[NH4+]. The lowest BCUT2D eigenvalue weighted by Crippen LogP contribution is -2.04. The number of unbranched alkanes of at least 4 members (excludes halogenated alkanes) is 17. The van der Waals surface area contributed by atoms with E-state index in [1.807, 2.05) is 0 Å². The van der Waals surface area contributed by atoms with Crippen LogP contribution in [0.5, 0.6) is 0 Å². The van der Waals surface area contributed by atoms with Crippen LogP contribution in [0.15, 0.2) is 0 Å². The summed E-state index contributed by atoms with van der Waals surface area (Å²) in [6.45, 7) is 2.41. The van der Waals surface area contributed by atoms with Gasteiger partial charge < -0.3 is 11.3 Å².